The standard InChI is InChI=1S/C22H23N3O3S/c1-15-4-3-5-16(2)21(15)28-11-10-20(26)25-14-29-13-19(25)22(27)24-18-8-6-17(12-23)7-9-18/h3-9,19H,10-11,13-14H2,1-2H3,(H,24,27). The van der Waals surface area contributed by atoms with E-state index in [1.165, 1.54) is 0 Å². The van der Waals surface area contributed by atoms with Crippen molar-refractivity contribution in [2.45, 2.75) is 26.3 Å². The molecule has 1 heterocycles. The zero-order valence-corrected chi connectivity index (χ0v) is 17.3. The second-order valence-corrected chi connectivity index (χ2v) is 7.88. The summed E-state index contributed by atoms with van der Waals surface area (Å²) in [7, 11) is 0. The number of nitrogens with zero attached hydrogens (tertiary/aromatic N) is 2. The molecular formula is C22H23N3O3S. The molecule has 6 nitrogen and oxygen atoms in total. The Morgan fingerprint density at radius 2 is 1.90 bits per heavy atom. The first-order valence-electron chi connectivity index (χ1n) is 9.37. The van der Waals surface area contributed by atoms with Crippen LogP contribution in [0.2, 0.25) is 0 Å². The summed E-state index contributed by atoms with van der Waals surface area (Å²) in [6.07, 6.45) is 0.217. The number of thioether (sulfide) groups is 1. The molecule has 2 aromatic rings. The summed E-state index contributed by atoms with van der Waals surface area (Å²) in [6, 6.07) is 14.1. The maximum Gasteiger partial charge on any atom is 0.248 e. The van der Waals surface area contributed by atoms with Gasteiger partial charge < -0.3 is 15.0 Å². The molecule has 150 valence electrons. The number of ether oxygens (including phenoxy) is 1. The van der Waals surface area contributed by atoms with Crippen LogP contribution in [0.4, 0.5) is 5.69 Å². The minimum Gasteiger partial charge on any atom is -0.493 e. The van der Waals surface area contributed by atoms with Gasteiger partial charge in [-0.3, -0.25) is 9.59 Å². The van der Waals surface area contributed by atoms with Crippen LogP contribution in [0.1, 0.15) is 23.1 Å². The first-order valence-corrected chi connectivity index (χ1v) is 10.5. The molecule has 1 aliphatic heterocycles. The lowest BCUT2D eigenvalue weighted by Crippen LogP contribution is -2.44. The van der Waals surface area contributed by atoms with Crippen molar-refractivity contribution in [1.82, 2.24) is 4.90 Å². The van der Waals surface area contributed by atoms with E-state index in [-0.39, 0.29) is 24.8 Å². The van der Waals surface area contributed by atoms with Crippen molar-refractivity contribution in [3.8, 4) is 11.8 Å². The maximum absolute atomic E-state index is 12.7. The smallest absolute Gasteiger partial charge is 0.248 e. The Bertz CT molecular complexity index is 917. The first kappa shape index (κ1) is 20.7. The van der Waals surface area contributed by atoms with Crippen molar-refractivity contribution in [3.05, 3.63) is 59.2 Å². The molecule has 1 saturated heterocycles. The van der Waals surface area contributed by atoms with Gasteiger partial charge in [0.2, 0.25) is 11.8 Å². The van der Waals surface area contributed by atoms with Crippen molar-refractivity contribution >= 4 is 29.3 Å². The Hall–Kier alpha value is -2.98. The van der Waals surface area contributed by atoms with Crippen LogP contribution in [0.3, 0.4) is 0 Å². The fourth-order valence-electron chi connectivity index (χ4n) is 3.17. The number of carbonyl (C=O) groups excluding carboxylic acids is 2. The Labute approximate surface area is 174 Å². The molecule has 3 rings (SSSR count). The van der Waals surface area contributed by atoms with Crippen LogP contribution in [0, 0.1) is 25.2 Å². The zero-order chi connectivity index (χ0) is 20.8. The Morgan fingerprint density at radius 3 is 2.55 bits per heavy atom. The third-order valence-corrected chi connectivity index (χ3v) is 5.77. The molecule has 1 atom stereocenters. The van der Waals surface area contributed by atoms with Gasteiger partial charge in [-0.25, -0.2) is 0 Å². The van der Waals surface area contributed by atoms with Crippen molar-refractivity contribution in [2.24, 2.45) is 0 Å². The molecule has 2 amide bonds. The zero-order valence-electron chi connectivity index (χ0n) is 16.5. The van der Waals surface area contributed by atoms with E-state index in [1.807, 2.05) is 38.1 Å². The fourth-order valence-corrected chi connectivity index (χ4v) is 4.35. The average Bonchev–Trinajstić information content (AvgIpc) is 3.21. The highest BCUT2D eigenvalue weighted by molar-refractivity contribution is 7.99. The molecule has 29 heavy (non-hydrogen) atoms. The minimum atomic E-state index is -0.511. The molecule has 0 spiro atoms. The highest BCUT2D eigenvalue weighted by atomic mass is 32.2. The van der Waals surface area contributed by atoms with Crippen LogP contribution in [0.25, 0.3) is 0 Å². The van der Waals surface area contributed by atoms with Crippen LogP contribution in [0.5, 0.6) is 5.75 Å². The van der Waals surface area contributed by atoms with Gasteiger partial charge in [0.1, 0.15) is 11.8 Å². The summed E-state index contributed by atoms with van der Waals surface area (Å²) in [5, 5.41) is 11.7. The molecule has 1 aliphatic rings. The van der Waals surface area contributed by atoms with Gasteiger partial charge in [-0.05, 0) is 49.2 Å². The second-order valence-electron chi connectivity index (χ2n) is 6.88. The highest BCUT2D eigenvalue weighted by Crippen LogP contribution is 2.25. The highest BCUT2D eigenvalue weighted by Gasteiger charge is 2.34. The van der Waals surface area contributed by atoms with Gasteiger partial charge in [-0.2, -0.15) is 5.26 Å². The summed E-state index contributed by atoms with van der Waals surface area (Å²) >= 11 is 1.56. The summed E-state index contributed by atoms with van der Waals surface area (Å²) in [5.74, 6) is 1.55. The number of nitrogens with one attached hydrogen (secondary N) is 1. The molecule has 0 aliphatic carbocycles. The number of rotatable bonds is 6. The van der Waals surface area contributed by atoms with Crippen molar-refractivity contribution < 1.29 is 14.3 Å². The molecule has 0 saturated carbocycles. The largest absolute Gasteiger partial charge is 0.493 e. The number of para-hydroxylation sites is 1. The molecule has 2 aromatic carbocycles. The predicted molar refractivity (Wildman–Crippen MR) is 114 cm³/mol. The lowest BCUT2D eigenvalue weighted by molar-refractivity contribution is -0.136. The number of hydrogen-bond donors (Lipinski definition) is 1. The van der Waals surface area contributed by atoms with E-state index >= 15 is 0 Å². The van der Waals surface area contributed by atoms with E-state index < -0.39 is 6.04 Å². The number of hydrogen-bond acceptors (Lipinski definition) is 5. The summed E-state index contributed by atoms with van der Waals surface area (Å²) in [5.41, 5.74) is 3.21. The normalized spacial score (nSPS) is 15.6. The topological polar surface area (TPSA) is 82.4 Å². The van der Waals surface area contributed by atoms with Gasteiger partial charge in [0.05, 0.1) is 30.5 Å². The van der Waals surface area contributed by atoms with Crippen LogP contribution in [0.15, 0.2) is 42.5 Å². The second kappa shape index (κ2) is 9.48. The third-order valence-electron chi connectivity index (χ3n) is 4.76. The summed E-state index contributed by atoms with van der Waals surface area (Å²) < 4.78 is 5.83. The molecule has 1 unspecified atom stereocenters. The SMILES string of the molecule is Cc1cccc(C)c1OCCC(=O)N1CSCC1C(=O)Nc1ccc(C#N)cc1. The van der Waals surface area contributed by atoms with Gasteiger partial charge in [-0.15, -0.1) is 11.8 Å². The fraction of sp³-hybridized carbons (Fsp3) is 0.318. The predicted octanol–water partition coefficient (Wildman–Crippen LogP) is 3.48. The first-order chi connectivity index (χ1) is 14.0. The minimum absolute atomic E-state index is 0.0961. The lowest BCUT2D eigenvalue weighted by Gasteiger charge is -2.23. The Balaban J connectivity index is 1.55. The molecular weight excluding hydrogens is 386 g/mol. The van der Waals surface area contributed by atoms with Gasteiger partial charge in [0.25, 0.3) is 0 Å². The van der Waals surface area contributed by atoms with E-state index in [4.69, 9.17) is 10.00 Å². The van der Waals surface area contributed by atoms with Crippen molar-refractivity contribution in [2.75, 3.05) is 23.6 Å². The maximum atomic E-state index is 12.7. The molecule has 0 aromatic heterocycles. The molecule has 1 fully saturated rings. The number of anilines is 1. The molecule has 1 N–H and O–H groups in total. The Kier molecular flexibility index (Phi) is 6.78. The monoisotopic (exact) mass is 409 g/mol. The van der Waals surface area contributed by atoms with Gasteiger partial charge in [0, 0.05) is 11.4 Å². The molecule has 0 bridgehead atoms. The van der Waals surface area contributed by atoms with Gasteiger partial charge in [-0.1, -0.05) is 18.2 Å². The van der Waals surface area contributed by atoms with Gasteiger partial charge in [0.15, 0.2) is 0 Å². The summed E-state index contributed by atoms with van der Waals surface area (Å²) in [4.78, 5) is 26.9. The van der Waals surface area contributed by atoms with Crippen LogP contribution in [-0.2, 0) is 9.59 Å². The molecule has 7 heteroatoms. The van der Waals surface area contributed by atoms with Gasteiger partial charge >= 0.3 is 0 Å². The van der Waals surface area contributed by atoms with Crippen molar-refractivity contribution in [1.29, 1.82) is 5.26 Å². The van der Waals surface area contributed by atoms with E-state index in [0.29, 0.717) is 22.9 Å². The van der Waals surface area contributed by atoms with Crippen LogP contribution in [-0.4, -0.2) is 41.0 Å². The van der Waals surface area contributed by atoms with E-state index in [1.54, 1.807) is 40.9 Å². The summed E-state index contributed by atoms with van der Waals surface area (Å²) in [6.45, 7) is 4.23. The Morgan fingerprint density at radius 1 is 1.21 bits per heavy atom. The van der Waals surface area contributed by atoms with Crippen LogP contribution >= 0.6 is 11.8 Å². The van der Waals surface area contributed by atoms with Crippen LogP contribution < -0.4 is 10.1 Å². The van der Waals surface area contributed by atoms with E-state index in [0.717, 1.165) is 16.9 Å². The lowest BCUT2D eigenvalue weighted by atomic mass is 10.1. The number of carbonyl (C=O) groups is 2. The number of aryl methyl sites for hydroxylation is 2. The number of benzene rings is 2. The van der Waals surface area contributed by atoms with Crippen molar-refractivity contribution in [3.63, 3.8) is 0 Å². The van der Waals surface area contributed by atoms with E-state index in [2.05, 4.69) is 5.32 Å². The molecule has 0 radical (unpaired) electrons. The third kappa shape index (κ3) is 5.09. The average molecular weight is 410 g/mol. The quantitative estimate of drug-likeness (QED) is 0.790. The number of amides is 2. The van der Waals surface area contributed by atoms with E-state index in [9.17, 15) is 9.59 Å². The number of nitriles is 1.